The highest BCUT2D eigenvalue weighted by Gasteiger charge is 2.30. The number of amides is 1. The number of nitrogens with zero attached hydrogens (tertiary/aromatic N) is 1. The molecule has 0 spiro atoms. The van der Waals surface area contributed by atoms with Gasteiger partial charge in [-0.05, 0) is 45.1 Å². The molecule has 0 aromatic heterocycles. The van der Waals surface area contributed by atoms with Gasteiger partial charge in [0, 0.05) is 18.6 Å². The van der Waals surface area contributed by atoms with E-state index in [2.05, 4.69) is 19.2 Å². The van der Waals surface area contributed by atoms with Gasteiger partial charge in [0.2, 0.25) is 5.91 Å². The first-order chi connectivity index (χ1) is 11.6. The van der Waals surface area contributed by atoms with Crippen molar-refractivity contribution < 1.29 is 9.90 Å². The van der Waals surface area contributed by atoms with Crippen LogP contribution in [-0.4, -0.2) is 40.8 Å². The monoisotopic (exact) mass is 349 g/mol. The number of nitrogens with one attached hydrogen (secondary N) is 1. The number of hydrogen-bond donors (Lipinski definition) is 3. The second-order valence-electron chi connectivity index (χ2n) is 8.28. The summed E-state index contributed by atoms with van der Waals surface area (Å²) < 4.78 is 0. The van der Waals surface area contributed by atoms with Crippen molar-refractivity contribution in [2.24, 2.45) is 17.7 Å². The SMILES string of the molecule is CC(C)CCN(N)CC(O)C(Cc1ccccc1)C(=O)NC(C)(C)C. The maximum atomic E-state index is 12.7. The molecule has 0 bridgehead atoms. The molecule has 5 nitrogen and oxygen atoms in total. The Morgan fingerprint density at radius 2 is 1.84 bits per heavy atom. The van der Waals surface area contributed by atoms with Crippen LogP contribution >= 0.6 is 0 Å². The van der Waals surface area contributed by atoms with Crippen LogP contribution in [0.5, 0.6) is 0 Å². The van der Waals surface area contributed by atoms with E-state index in [9.17, 15) is 9.90 Å². The minimum Gasteiger partial charge on any atom is -0.391 e. The number of aliphatic hydroxyl groups excluding tert-OH is 1. The Morgan fingerprint density at radius 3 is 2.36 bits per heavy atom. The molecule has 5 heteroatoms. The van der Waals surface area contributed by atoms with Crippen molar-refractivity contribution in [1.82, 2.24) is 10.3 Å². The fourth-order valence-corrected chi connectivity index (χ4v) is 2.62. The van der Waals surface area contributed by atoms with E-state index >= 15 is 0 Å². The fourth-order valence-electron chi connectivity index (χ4n) is 2.62. The van der Waals surface area contributed by atoms with Crippen molar-refractivity contribution in [3.63, 3.8) is 0 Å². The van der Waals surface area contributed by atoms with Crippen molar-refractivity contribution in [2.45, 2.75) is 59.1 Å². The summed E-state index contributed by atoms with van der Waals surface area (Å²) in [6.07, 6.45) is 0.627. The third-order valence-corrected chi connectivity index (χ3v) is 4.01. The lowest BCUT2D eigenvalue weighted by atomic mass is 9.91. The highest BCUT2D eigenvalue weighted by atomic mass is 16.3. The number of nitrogens with two attached hydrogens (primary N) is 1. The van der Waals surface area contributed by atoms with E-state index in [1.165, 1.54) is 0 Å². The van der Waals surface area contributed by atoms with E-state index in [-0.39, 0.29) is 18.0 Å². The normalized spacial score (nSPS) is 14.6. The fraction of sp³-hybridized carbons (Fsp3) is 0.650. The molecule has 25 heavy (non-hydrogen) atoms. The largest absolute Gasteiger partial charge is 0.391 e. The molecule has 2 unspecified atom stereocenters. The van der Waals surface area contributed by atoms with E-state index in [4.69, 9.17) is 5.84 Å². The van der Waals surface area contributed by atoms with Gasteiger partial charge in [0.15, 0.2) is 0 Å². The molecule has 0 radical (unpaired) electrons. The maximum Gasteiger partial charge on any atom is 0.226 e. The number of rotatable bonds is 9. The topological polar surface area (TPSA) is 78.6 Å². The van der Waals surface area contributed by atoms with Gasteiger partial charge in [0.25, 0.3) is 0 Å². The van der Waals surface area contributed by atoms with Crippen LogP contribution in [0.3, 0.4) is 0 Å². The van der Waals surface area contributed by atoms with Crippen LogP contribution < -0.4 is 11.2 Å². The van der Waals surface area contributed by atoms with Crippen molar-refractivity contribution in [2.75, 3.05) is 13.1 Å². The molecule has 0 fully saturated rings. The molecule has 0 aliphatic rings. The lowest BCUT2D eigenvalue weighted by molar-refractivity contribution is -0.130. The Bertz CT molecular complexity index is 511. The summed E-state index contributed by atoms with van der Waals surface area (Å²) in [7, 11) is 0. The minimum absolute atomic E-state index is 0.138. The molecule has 0 saturated heterocycles. The molecular weight excluding hydrogens is 314 g/mol. The Labute approximate surface area is 152 Å². The molecule has 1 amide bonds. The molecular formula is C20H35N3O2. The van der Waals surface area contributed by atoms with E-state index < -0.39 is 12.0 Å². The van der Waals surface area contributed by atoms with Gasteiger partial charge in [-0.15, -0.1) is 0 Å². The summed E-state index contributed by atoms with van der Waals surface area (Å²) in [4.78, 5) is 12.7. The predicted octanol–water partition coefficient (Wildman–Crippen LogP) is 2.34. The third-order valence-electron chi connectivity index (χ3n) is 4.01. The summed E-state index contributed by atoms with van der Waals surface area (Å²) in [5.74, 6) is 5.90. The molecule has 0 saturated carbocycles. The summed E-state index contributed by atoms with van der Waals surface area (Å²) in [6, 6.07) is 9.78. The quantitative estimate of drug-likeness (QED) is 0.472. The van der Waals surface area contributed by atoms with Gasteiger partial charge < -0.3 is 10.4 Å². The van der Waals surface area contributed by atoms with Gasteiger partial charge in [-0.25, -0.2) is 5.01 Å². The number of hydrazine groups is 1. The Balaban J connectivity index is 2.79. The minimum atomic E-state index is -0.820. The zero-order valence-corrected chi connectivity index (χ0v) is 16.3. The molecule has 0 aliphatic heterocycles. The first-order valence-electron chi connectivity index (χ1n) is 9.12. The second kappa shape index (κ2) is 9.90. The van der Waals surface area contributed by atoms with E-state index in [1.807, 2.05) is 51.1 Å². The average Bonchev–Trinajstić information content (AvgIpc) is 2.49. The first kappa shape index (κ1) is 21.6. The van der Waals surface area contributed by atoms with Crippen LogP contribution in [0.25, 0.3) is 0 Å². The molecule has 0 aliphatic carbocycles. The third kappa shape index (κ3) is 9.00. The highest BCUT2D eigenvalue weighted by molar-refractivity contribution is 5.80. The first-order valence-corrected chi connectivity index (χ1v) is 9.12. The van der Waals surface area contributed by atoms with Gasteiger partial charge in [-0.2, -0.15) is 0 Å². The van der Waals surface area contributed by atoms with Crippen LogP contribution in [0.4, 0.5) is 0 Å². The number of carbonyl (C=O) groups excluding carboxylic acids is 1. The molecule has 1 aromatic carbocycles. The van der Waals surface area contributed by atoms with Crippen molar-refractivity contribution in [1.29, 1.82) is 0 Å². The van der Waals surface area contributed by atoms with Gasteiger partial charge in [0.05, 0.1) is 12.0 Å². The van der Waals surface area contributed by atoms with Gasteiger partial charge in [0.1, 0.15) is 0 Å². The van der Waals surface area contributed by atoms with Crippen molar-refractivity contribution in [3.05, 3.63) is 35.9 Å². The Hall–Kier alpha value is -1.43. The van der Waals surface area contributed by atoms with Gasteiger partial charge in [-0.1, -0.05) is 44.2 Å². The molecule has 2 atom stereocenters. The van der Waals surface area contributed by atoms with Crippen LogP contribution in [0.2, 0.25) is 0 Å². The zero-order valence-electron chi connectivity index (χ0n) is 16.3. The number of aliphatic hydroxyl groups is 1. The van der Waals surface area contributed by atoms with Crippen LogP contribution in [-0.2, 0) is 11.2 Å². The van der Waals surface area contributed by atoms with Gasteiger partial charge in [-0.3, -0.25) is 10.6 Å². The van der Waals surface area contributed by atoms with Crippen LogP contribution in [0.15, 0.2) is 30.3 Å². The molecule has 1 aromatic rings. The van der Waals surface area contributed by atoms with Gasteiger partial charge >= 0.3 is 0 Å². The standard InChI is InChI=1S/C20H35N3O2/c1-15(2)11-12-23(21)14-18(24)17(19(25)22-20(3,4)5)13-16-9-7-6-8-10-16/h6-10,15,17-18,24H,11-14,21H2,1-5H3,(H,22,25). The molecule has 142 valence electrons. The lowest BCUT2D eigenvalue weighted by Gasteiger charge is -2.30. The van der Waals surface area contributed by atoms with Crippen molar-refractivity contribution >= 4 is 5.91 Å². The number of carbonyl (C=O) groups is 1. The smallest absolute Gasteiger partial charge is 0.226 e. The Morgan fingerprint density at radius 1 is 1.24 bits per heavy atom. The molecule has 0 heterocycles. The Kier molecular flexibility index (Phi) is 8.56. The number of benzene rings is 1. The summed E-state index contributed by atoms with van der Waals surface area (Å²) in [5, 5.41) is 15.3. The highest BCUT2D eigenvalue weighted by Crippen LogP contribution is 2.16. The van der Waals surface area contributed by atoms with E-state index in [0.29, 0.717) is 18.9 Å². The van der Waals surface area contributed by atoms with E-state index in [0.717, 1.165) is 12.0 Å². The predicted molar refractivity (Wildman–Crippen MR) is 103 cm³/mol. The summed E-state index contributed by atoms with van der Waals surface area (Å²) >= 11 is 0. The summed E-state index contributed by atoms with van der Waals surface area (Å²) in [6.45, 7) is 11.1. The summed E-state index contributed by atoms with van der Waals surface area (Å²) in [5.41, 5.74) is 0.688. The molecule has 4 N–H and O–H groups in total. The second-order valence-corrected chi connectivity index (χ2v) is 8.28. The number of hydrogen-bond acceptors (Lipinski definition) is 4. The molecule has 1 rings (SSSR count). The van der Waals surface area contributed by atoms with E-state index in [1.54, 1.807) is 5.01 Å². The van der Waals surface area contributed by atoms with Crippen LogP contribution in [0.1, 0.15) is 46.6 Å². The van der Waals surface area contributed by atoms with Crippen molar-refractivity contribution in [3.8, 4) is 0 Å². The lowest BCUT2D eigenvalue weighted by Crippen LogP contribution is -2.50. The maximum absolute atomic E-state index is 12.7. The average molecular weight is 350 g/mol. The van der Waals surface area contributed by atoms with Crippen LogP contribution in [0, 0.1) is 11.8 Å². The zero-order chi connectivity index (χ0) is 19.0.